The third-order valence-corrected chi connectivity index (χ3v) is 4.00. The maximum absolute atomic E-state index is 9.42. The molecule has 0 aliphatic heterocycles. The third kappa shape index (κ3) is 1.38. The molecule has 0 radical (unpaired) electrons. The molecule has 16 heavy (non-hydrogen) atoms. The molecular weight excluding hydrogens is 242 g/mol. The van der Waals surface area contributed by atoms with Gasteiger partial charge in [0.05, 0.1) is 17.2 Å². The molecule has 82 valence electrons. The molecule has 3 aromatic rings. The highest BCUT2D eigenvalue weighted by Gasteiger charge is 2.16. The first-order chi connectivity index (χ1) is 7.79. The van der Waals surface area contributed by atoms with Crippen molar-refractivity contribution in [2.75, 3.05) is 0 Å². The Hall–Kier alpha value is -1.24. The fraction of sp³-hybridized carbons (Fsp3) is 0.200. The normalized spacial score (nSPS) is 11.4. The van der Waals surface area contributed by atoms with Crippen LogP contribution in [0.2, 0.25) is 0 Å². The van der Waals surface area contributed by atoms with E-state index in [9.17, 15) is 5.11 Å². The number of rotatable bonds is 2. The SMILES string of the molecule is Cc1nn2c(CO)c(-c3cccs3)nc2s1. The molecule has 0 unspecified atom stereocenters. The molecule has 0 aromatic carbocycles. The highest BCUT2D eigenvalue weighted by atomic mass is 32.1. The van der Waals surface area contributed by atoms with Gasteiger partial charge in [-0.25, -0.2) is 9.50 Å². The quantitative estimate of drug-likeness (QED) is 0.760. The van der Waals surface area contributed by atoms with Crippen molar-refractivity contribution in [3.05, 3.63) is 28.2 Å². The van der Waals surface area contributed by atoms with Crippen molar-refractivity contribution >= 4 is 27.6 Å². The number of imidazole rings is 1. The van der Waals surface area contributed by atoms with Gasteiger partial charge in [-0.15, -0.1) is 11.3 Å². The summed E-state index contributed by atoms with van der Waals surface area (Å²) in [4.78, 5) is 6.42. The Morgan fingerprint density at radius 2 is 2.38 bits per heavy atom. The van der Waals surface area contributed by atoms with E-state index in [0.717, 1.165) is 26.2 Å². The molecule has 1 N–H and O–H groups in total. The van der Waals surface area contributed by atoms with Gasteiger partial charge in [0.15, 0.2) is 0 Å². The fourth-order valence-electron chi connectivity index (χ4n) is 1.64. The molecule has 4 nitrogen and oxygen atoms in total. The molecule has 0 bridgehead atoms. The van der Waals surface area contributed by atoms with E-state index in [1.165, 1.54) is 11.3 Å². The van der Waals surface area contributed by atoms with Crippen LogP contribution < -0.4 is 0 Å². The fourth-order valence-corrected chi connectivity index (χ4v) is 3.14. The van der Waals surface area contributed by atoms with Gasteiger partial charge in [-0.2, -0.15) is 5.10 Å². The van der Waals surface area contributed by atoms with E-state index in [-0.39, 0.29) is 6.61 Å². The van der Waals surface area contributed by atoms with Gasteiger partial charge in [0.25, 0.3) is 0 Å². The number of hydrogen-bond donors (Lipinski definition) is 1. The van der Waals surface area contributed by atoms with Crippen molar-refractivity contribution in [3.63, 3.8) is 0 Å². The van der Waals surface area contributed by atoms with Crippen LogP contribution in [0.1, 0.15) is 10.7 Å². The molecule has 0 fully saturated rings. The molecule has 0 aliphatic rings. The summed E-state index contributed by atoms with van der Waals surface area (Å²) in [6.07, 6.45) is 0. The number of aliphatic hydroxyl groups excluding tert-OH is 1. The predicted octanol–water partition coefficient (Wildman–Crippen LogP) is 2.32. The Balaban J connectivity index is 2.29. The number of thiophene rings is 1. The molecule has 3 heterocycles. The second-order valence-electron chi connectivity index (χ2n) is 3.36. The molecular formula is C10H9N3OS2. The van der Waals surface area contributed by atoms with Crippen molar-refractivity contribution in [3.8, 4) is 10.6 Å². The second kappa shape index (κ2) is 3.65. The first-order valence-corrected chi connectivity index (χ1v) is 6.49. The molecule has 3 rings (SSSR count). The van der Waals surface area contributed by atoms with Gasteiger partial charge in [-0.3, -0.25) is 0 Å². The van der Waals surface area contributed by atoms with Crippen LogP contribution in [-0.2, 0) is 6.61 Å². The van der Waals surface area contributed by atoms with E-state index < -0.39 is 0 Å². The average Bonchev–Trinajstić information content (AvgIpc) is 2.90. The Morgan fingerprint density at radius 1 is 1.50 bits per heavy atom. The van der Waals surface area contributed by atoms with Gasteiger partial charge in [0.1, 0.15) is 10.7 Å². The summed E-state index contributed by atoms with van der Waals surface area (Å²) >= 11 is 3.15. The maximum Gasteiger partial charge on any atom is 0.213 e. The summed E-state index contributed by atoms with van der Waals surface area (Å²) in [5.74, 6) is 0. The van der Waals surface area contributed by atoms with E-state index in [4.69, 9.17) is 0 Å². The summed E-state index contributed by atoms with van der Waals surface area (Å²) in [5, 5.41) is 16.7. The van der Waals surface area contributed by atoms with Crippen LogP contribution in [0.15, 0.2) is 17.5 Å². The summed E-state index contributed by atoms with van der Waals surface area (Å²) < 4.78 is 1.73. The zero-order valence-electron chi connectivity index (χ0n) is 8.54. The summed E-state index contributed by atoms with van der Waals surface area (Å²) in [7, 11) is 0. The Morgan fingerprint density at radius 3 is 3.06 bits per heavy atom. The average molecular weight is 251 g/mol. The Bertz CT molecular complexity index is 624. The molecule has 0 saturated heterocycles. The molecule has 0 spiro atoms. The van der Waals surface area contributed by atoms with Gasteiger partial charge in [0, 0.05) is 0 Å². The molecule has 0 saturated carbocycles. The topological polar surface area (TPSA) is 50.4 Å². The van der Waals surface area contributed by atoms with Gasteiger partial charge in [-0.1, -0.05) is 17.4 Å². The molecule has 0 atom stereocenters. The number of hydrogen-bond acceptors (Lipinski definition) is 5. The lowest BCUT2D eigenvalue weighted by molar-refractivity contribution is 0.275. The van der Waals surface area contributed by atoms with E-state index in [1.54, 1.807) is 15.9 Å². The zero-order valence-corrected chi connectivity index (χ0v) is 10.2. The van der Waals surface area contributed by atoms with Crippen molar-refractivity contribution in [2.24, 2.45) is 0 Å². The first-order valence-electron chi connectivity index (χ1n) is 4.79. The summed E-state index contributed by atoms with van der Waals surface area (Å²) in [6.45, 7) is 1.89. The number of aromatic nitrogens is 3. The predicted molar refractivity (Wildman–Crippen MR) is 64.8 cm³/mol. The highest BCUT2D eigenvalue weighted by molar-refractivity contribution is 7.16. The van der Waals surface area contributed by atoms with Crippen LogP contribution in [-0.4, -0.2) is 19.7 Å². The minimum absolute atomic E-state index is 0.0441. The van der Waals surface area contributed by atoms with Crippen LogP contribution in [0, 0.1) is 6.92 Å². The largest absolute Gasteiger partial charge is 0.390 e. The van der Waals surface area contributed by atoms with Gasteiger partial charge >= 0.3 is 0 Å². The first kappa shape index (κ1) is 9.95. The zero-order chi connectivity index (χ0) is 11.1. The van der Waals surface area contributed by atoms with Gasteiger partial charge < -0.3 is 5.11 Å². The molecule has 0 amide bonds. The standard InChI is InChI=1S/C10H9N3OS2/c1-6-12-13-7(5-14)9(11-10(13)16-6)8-3-2-4-15-8/h2-4,14H,5H2,1H3. The lowest BCUT2D eigenvalue weighted by atomic mass is 10.3. The summed E-state index contributed by atoms with van der Waals surface area (Å²) in [6, 6.07) is 3.98. The Kier molecular flexibility index (Phi) is 2.27. The van der Waals surface area contributed by atoms with Crippen molar-refractivity contribution < 1.29 is 5.11 Å². The van der Waals surface area contributed by atoms with Gasteiger partial charge in [-0.05, 0) is 18.4 Å². The Labute approximate surface area is 99.8 Å². The molecule has 6 heteroatoms. The highest BCUT2D eigenvalue weighted by Crippen LogP contribution is 2.29. The smallest absolute Gasteiger partial charge is 0.213 e. The van der Waals surface area contributed by atoms with E-state index >= 15 is 0 Å². The van der Waals surface area contributed by atoms with Crippen LogP contribution in [0.25, 0.3) is 15.5 Å². The summed E-state index contributed by atoms with van der Waals surface area (Å²) in [5.41, 5.74) is 1.61. The van der Waals surface area contributed by atoms with Crippen LogP contribution in [0.4, 0.5) is 0 Å². The van der Waals surface area contributed by atoms with E-state index in [2.05, 4.69) is 10.1 Å². The number of nitrogens with zero attached hydrogens (tertiary/aromatic N) is 3. The van der Waals surface area contributed by atoms with Crippen LogP contribution >= 0.6 is 22.7 Å². The number of aryl methyl sites for hydroxylation is 1. The van der Waals surface area contributed by atoms with Crippen molar-refractivity contribution in [1.82, 2.24) is 14.6 Å². The van der Waals surface area contributed by atoms with Crippen LogP contribution in [0.3, 0.4) is 0 Å². The third-order valence-electron chi connectivity index (χ3n) is 2.30. The molecule has 0 aliphatic carbocycles. The minimum atomic E-state index is -0.0441. The van der Waals surface area contributed by atoms with E-state index in [1.807, 2.05) is 24.4 Å². The minimum Gasteiger partial charge on any atom is -0.390 e. The number of fused-ring (bicyclic) bond motifs is 1. The van der Waals surface area contributed by atoms with Gasteiger partial charge in [0.2, 0.25) is 4.96 Å². The van der Waals surface area contributed by atoms with Crippen LogP contribution in [0.5, 0.6) is 0 Å². The van der Waals surface area contributed by atoms with Crippen molar-refractivity contribution in [2.45, 2.75) is 13.5 Å². The monoisotopic (exact) mass is 251 g/mol. The molecule has 3 aromatic heterocycles. The number of aliphatic hydroxyl groups is 1. The maximum atomic E-state index is 9.42. The van der Waals surface area contributed by atoms with E-state index in [0.29, 0.717) is 0 Å². The second-order valence-corrected chi connectivity index (χ2v) is 5.47. The van der Waals surface area contributed by atoms with Crippen molar-refractivity contribution in [1.29, 1.82) is 0 Å². The lowest BCUT2D eigenvalue weighted by Gasteiger charge is -1.96. The lowest BCUT2D eigenvalue weighted by Crippen LogP contribution is -1.94.